The smallest absolute Gasteiger partial charge is 0.251 e. The monoisotopic (exact) mass is 631 g/mol. The van der Waals surface area contributed by atoms with Crippen LogP contribution in [0.25, 0.3) is 0 Å². The van der Waals surface area contributed by atoms with Crippen LogP contribution >= 0.6 is 0 Å². The van der Waals surface area contributed by atoms with Crippen molar-refractivity contribution in [2.24, 2.45) is 5.92 Å². The van der Waals surface area contributed by atoms with Crippen LogP contribution in [0.2, 0.25) is 0 Å². The number of benzene rings is 2. The van der Waals surface area contributed by atoms with Crippen molar-refractivity contribution in [3.8, 4) is 0 Å². The molecule has 46 heavy (non-hydrogen) atoms. The zero-order valence-corrected chi connectivity index (χ0v) is 27.2. The van der Waals surface area contributed by atoms with Crippen LogP contribution in [0.1, 0.15) is 96.6 Å². The Bertz CT molecular complexity index is 1360. The van der Waals surface area contributed by atoms with E-state index < -0.39 is 17.7 Å². The molecule has 2 aliphatic heterocycles. The molecule has 0 unspecified atom stereocenters. The molecule has 1 spiro atoms. The van der Waals surface area contributed by atoms with E-state index in [1.807, 2.05) is 41.3 Å². The first-order valence-corrected chi connectivity index (χ1v) is 17.0. The second-order valence-electron chi connectivity index (χ2n) is 13.1. The summed E-state index contributed by atoms with van der Waals surface area (Å²) in [5, 5.41) is 19.7. The SMILES string of the molecule is CCCCN1C(=O)[C@@H]([C@H](O)C2CCCCC2)NC(=O)C12CCN(Cc1ccc(C(=O)NCc3ccc(C(=O)NC)cc3)cc1)CC2. The van der Waals surface area contributed by atoms with E-state index in [9.17, 15) is 24.3 Å². The number of piperazine rings is 1. The van der Waals surface area contributed by atoms with Gasteiger partial charge in [0.25, 0.3) is 11.8 Å². The van der Waals surface area contributed by atoms with Gasteiger partial charge in [0.1, 0.15) is 11.6 Å². The van der Waals surface area contributed by atoms with Gasteiger partial charge >= 0.3 is 0 Å². The second-order valence-corrected chi connectivity index (χ2v) is 13.1. The van der Waals surface area contributed by atoms with Crippen molar-refractivity contribution >= 4 is 23.6 Å². The standard InChI is InChI=1S/C36H49N5O5/c1-3-4-20-41-34(45)30(31(42)27-8-6-5-7-9-27)39-35(46)36(41)18-21-40(22-19-36)24-26-12-16-29(17-13-26)33(44)38-23-25-10-14-28(15-11-25)32(43)37-2/h10-17,27,30-31,42H,3-9,18-24H2,1-2H3,(H,37,43)(H,38,44)(H,39,46)/t30-,31-/m1/s1. The molecule has 5 rings (SSSR count). The fourth-order valence-corrected chi connectivity index (χ4v) is 7.26. The normalized spacial score (nSPS) is 21.1. The molecule has 4 N–H and O–H groups in total. The number of nitrogens with one attached hydrogen (secondary N) is 3. The number of hydrogen-bond acceptors (Lipinski definition) is 6. The fourth-order valence-electron chi connectivity index (χ4n) is 7.26. The zero-order valence-electron chi connectivity index (χ0n) is 27.2. The highest BCUT2D eigenvalue weighted by atomic mass is 16.3. The van der Waals surface area contributed by atoms with Crippen molar-refractivity contribution in [3.05, 3.63) is 70.8 Å². The Morgan fingerprint density at radius 1 is 0.935 bits per heavy atom. The first-order valence-electron chi connectivity index (χ1n) is 17.0. The van der Waals surface area contributed by atoms with E-state index in [2.05, 4.69) is 27.8 Å². The summed E-state index contributed by atoms with van der Waals surface area (Å²) in [6.07, 6.45) is 7.07. The van der Waals surface area contributed by atoms with Gasteiger partial charge < -0.3 is 26.0 Å². The maximum absolute atomic E-state index is 13.9. The summed E-state index contributed by atoms with van der Waals surface area (Å²) in [5.41, 5.74) is 2.23. The molecule has 0 aromatic heterocycles. The lowest BCUT2D eigenvalue weighted by Crippen LogP contribution is -2.75. The molecule has 248 valence electrons. The van der Waals surface area contributed by atoms with Crippen molar-refractivity contribution in [1.82, 2.24) is 25.8 Å². The number of carbonyl (C=O) groups excluding carboxylic acids is 4. The molecular weight excluding hydrogens is 582 g/mol. The molecule has 2 aromatic rings. The van der Waals surface area contributed by atoms with Gasteiger partial charge in [-0.2, -0.15) is 0 Å². The molecule has 2 heterocycles. The average Bonchev–Trinajstić information content (AvgIpc) is 3.10. The van der Waals surface area contributed by atoms with E-state index in [4.69, 9.17) is 0 Å². The number of aliphatic hydroxyl groups is 1. The van der Waals surface area contributed by atoms with Gasteiger partial charge in [-0.3, -0.25) is 24.1 Å². The number of nitrogens with zero attached hydrogens (tertiary/aromatic N) is 2. The van der Waals surface area contributed by atoms with E-state index in [1.165, 1.54) is 0 Å². The summed E-state index contributed by atoms with van der Waals surface area (Å²) >= 11 is 0. The number of aliphatic hydroxyl groups excluding tert-OH is 1. The van der Waals surface area contributed by atoms with E-state index in [0.29, 0.717) is 56.7 Å². The third kappa shape index (κ3) is 7.44. The number of hydrogen-bond donors (Lipinski definition) is 4. The second kappa shape index (κ2) is 15.2. The molecule has 1 saturated carbocycles. The van der Waals surface area contributed by atoms with Crippen LogP contribution < -0.4 is 16.0 Å². The lowest BCUT2D eigenvalue weighted by atomic mass is 9.78. The topological polar surface area (TPSA) is 131 Å². The molecule has 3 aliphatic rings. The maximum Gasteiger partial charge on any atom is 0.251 e. The fraction of sp³-hybridized carbons (Fsp3) is 0.556. The van der Waals surface area contributed by atoms with Gasteiger partial charge in [-0.1, -0.05) is 56.9 Å². The van der Waals surface area contributed by atoms with Gasteiger partial charge in [0.2, 0.25) is 11.8 Å². The van der Waals surface area contributed by atoms with Crippen molar-refractivity contribution in [3.63, 3.8) is 0 Å². The van der Waals surface area contributed by atoms with E-state index in [-0.39, 0.29) is 29.5 Å². The van der Waals surface area contributed by atoms with E-state index in [0.717, 1.165) is 56.1 Å². The van der Waals surface area contributed by atoms with Crippen molar-refractivity contribution in [2.45, 2.75) is 95.5 Å². The molecule has 0 bridgehead atoms. The van der Waals surface area contributed by atoms with Crippen LogP contribution in [0, 0.1) is 5.92 Å². The third-order valence-electron chi connectivity index (χ3n) is 10.2. The summed E-state index contributed by atoms with van der Waals surface area (Å²) in [4.78, 5) is 56.2. The van der Waals surface area contributed by atoms with E-state index in [1.54, 1.807) is 19.2 Å². The Balaban J connectivity index is 1.15. The van der Waals surface area contributed by atoms with Crippen LogP contribution in [0.3, 0.4) is 0 Å². The summed E-state index contributed by atoms with van der Waals surface area (Å²) in [6, 6.07) is 13.8. The molecule has 10 nitrogen and oxygen atoms in total. The number of piperidine rings is 1. The van der Waals surface area contributed by atoms with Crippen LogP contribution in [-0.2, 0) is 22.7 Å². The van der Waals surface area contributed by atoms with Crippen molar-refractivity contribution in [1.29, 1.82) is 0 Å². The van der Waals surface area contributed by atoms with Gasteiger partial charge in [0, 0.05) is 50.9 Å². The molecule has 4 amide bonds. The molecule has 2 aromatic carbocycles. The lowest BCUT2D eigenvalue weighted by Gasteiger charge is -2.52. The summed E-state index contributed by atoms with van der Waals surface area (Å²) in [6.45, 7) is 4.99. The van der Waals surface area contributed by atoms with Gasteiger partial charge in [-0.25, -0.2) is 0 Å². The predicted octanol–water partition coefficient (Wildman–Crippen LogP) is 3.38. The lowest BCUT2D eigenvalue weighted by molar-refractivity contribution is -0.166. The predicted molar refractivity (Wildman–Crippen MR) is 176 cm³/mol. The summed E-state index contributed by atoms with van der Waals surface area (Å²) in [5.74, 6) is -0.524. The molecule has 0 radical (unpaired) electrons. The Hall–Kier alpha value is -3.76. The highest BCUT2D eigenvalue weighted by Gasteiger charge is 2.55. The minimum Gasteiger partial charge on any atom is -0.390 e. The quantitative estimate of drug-likeness (QED) is 0.301. The highest BCUT2D eigenvalue weighted by molar-refractivity contribution is 6.00. The van der Waals surface area contributed by atoms with Crippen molar-refractivity contribution in [2.75, 3.05) is 26.7 Å². The average molecular weight is 632 g/mol. The number of amides is 4. The summed E-state index contributed by atoms with van der Waals surface area (Å²) in [7, 11) is 1.59. The van der Waals surface area contributed by atoms with Crippen molar-refractivity contribution < 1.29 is 24.3 Å². The Morgan fingerprint density at radius 2 is 1.54 bits per heavy atom. The van der Waals surface area contributed by atoms with Gasteiger partial charge in [-0.05, 0) is 73.4 Å². The number of carbonyl (C=O) groups is 4. The van der Waals surface area contributed by atoms with Crippen LogP contribution in [0.5, 0.6) is 0 Å². The van der Waals surface area contributed by atoms with Gasteiger partial charge in [0.15, 0.2) is 0 Å². The van der Waals surface area contributed by atoms with Gasteiger partial charge in [0.05, 0.1) is 6.10 Å². The largest absolute Gasteiger partial charge is 0.390 e. The molecule has 10 heteroatoms. The van der Waals surface area contributed by atoms with Crippen LogP contribution in [0.15, 0.2) is 48.5 Å². The first kappa shape index (κ1) is 33.6. The zero-order chi connectivity index (χ0) is 32.7. The Morgan fingerprint density at radius 3 is 2.15 bits per heavy atom. The number of rotatable bonds is 11. The van der Waals surface area contributed by atoms with E-state index >= 15 is 0 Å². The summed E-state index contributed by atoms with van der Waals surface area (Å²) < 4.78 is 0. The van der Waals surface area contributed by atoms with Crippen LogP contribution in [0.4, 0.5) is 0 Å². The molecule has 2 atom stereocenters. The molecular formula is C36H49N5O5. The molecule has 1 aliphatic carbocycles. The number of unbranched alkanes of at least 4 members (excludes halogenated alkanes) is 1. The molecule has 3 fully saturated rings. The van der Waals surface area contributed by atoms with Crippen LogP contribution in [-0.4, -0.2) is 82.9 Å². The third-order valence-corrected chi connectivity index (χ3v) is 10.2. The minimum atomic E-state index is -0.879. The first-order chi connectivity index (χ1) is 22.3. The Labute approximate surface area is 272 Å². The minimum absolute atomic E-state index is 0.0538. The maximum atomic E-state index is 13.9. The number of likely N-dealkylation sites (tertiary alicyclic amines) is 1. The highest BCUT2D eigenvalue weighted by Crippen LogP contribution is 2.36. The van der Waals surface area contributed by atoms with Gasteiger partial charge in [-0.15, -0.1) is 0 Å². The Kier molecular flexibility index (Phi) is 11.1. The molecule has 2 saturated heterocycles.